The summed E-state index contributed by atoms with van der Waals surface area (Å²) < 4.78 is 9.13. The van der Waals surface area contributed by atoms with E-state index in [9.17, 15) is 9.59 Å². The van der Waals surface area contributed by atoms with Gasteiger partial charge in [-0.15, -0.1) is 0 Å². The molecule has 6 nitrogen and oxygen atoms in total. The Labute approximate surface area is 141 Å². The second kappa shape index (κ2) is 6.81. The molecule has 0 aliphatic carbocycles. The highest BCUT2D eigenvalue weighted by Crippen LogP contribution is 2.15. The molecule has 24 heavy (non-hydrogen) atoms. The van der Waals surface area contributed by atoms with Gasteiger partial charge in [0.05, 0.1) is 23.2 Å². The molecule has 0 spiro atoms. The first-order chi connectivity index (χ1) is 11.5. The lowest BCUT2D eigenvalue weighted by atomic mass is 10.2. The Morgan fingerprint density at radius 2 is 1.71 bits per heavy atom. The predicted molar refractivity (Wildman–Crippen MR) is 93.1 cm³/mol. The molecule has 1 aromatic carbocycles. The Morgan fingerprint density at radius 1 is 1.12 bits per heavy atom. The summed E-state index contributed by atoms with van der Waals surface area (Å²) in [4.78, 5) is 27.0. The molecule has 1 aliphatic rings. The Balaban J connectivity index is 1.77. The molecule has 2 atom stereocenters. The molecule has 3 rings (SSSR count). The average Bonchev–Trinajstić information content (AvgIpc) is 2.82. The van der Waals surface area contributed by atoms with E-state index in [1.54, 1.807) is 9.13 Å². The molecule has 1 fully saturated rings. The SMILES string of the molecule is CCn1c(=O)n(CCC(=O)N2C[C@@H](C)O[C@@H](C)C2)c2ccccc21. The van der Waals surface area contributed by atoms with Crippen molar-refractivity contribution in [2.75, 3.05) is 13.1 Å². The van der Waals surface area contributed by atoms with Gasteiger partial charge in [0.2, 0.25) is 5.91 Å². The monoisotopic (exact) mass is 331 g/mol. The third-order valence-corrected chi connectivity index (χ3v) is 4.56. The third-order valence-electron chi connectivity index (χ3n) is 4.56. The van der Waals surface area contributed by atoms with Gasteiger partial charge in [-0.05, 0) is 32.9 Å². The van der Waals surface area contributed by atoms with E-state index < -0.39 is 0 Å². The zero-order valence-electron chi connectivity index (χ0n) is 14.6. The van der Waals surface area contributed by atoms with Crippen molar-refractivity contribution in [3.8, 4) is 0 Å². The van der Waals surface area contributed by atoms with Gasteiger partial charge in [-0.2, -0.15) is 0 Å². The predicted octanol–water partition coefficient (Wildman–Crippen LogP) is 1.85. The maximum Gasteiger partial charge on any atom is 0.329 e. The Bertz CT molecular complexity index is 782. The Hall–Kier alpha value is -2.08. The number of ether oxygens (including phenoxy) is 1. The average molecular weight is 331 g/mol. The van der Waals surface area contributed by atoms with Gasteiger partial charge in [-0.3, -0.25) is 13.9 Å². The first-order valence-electron chi connectivity index (χ1n) is 8.62. The van der Waals surface area contributed by atoms with E-state index in [1.807, 2.05) is 49.9 Å². The second-order valence-electron chi connectivity index (χ2n) is 6.47. The summed E-state index contributed by atoms with van der Waals surface area (Å²) in [6, 6.07) is 7.74. The molecule has 0 unspecified atom stereocenters. The van der Waals surface area contributed by atoms with Crippen LogP contribution in [0.15, 0.2) is 29.1 Å². The molecule has 2 aromatic rings. The highest BCUT2D eigenvalue weighted by Gasteiger charge is 2.25. The quantitative estimate of drug-likeness (QED) is 0.859. The molecule has 0 saturated carbocycles. The van der Waals surface area contributed by atoms with Gasteiger partial charge in [-0.25, -0.2) is 4.79 Å². The molecular weight excluding hydrogens is 306 g/mol. The van der Waals surface area contributed by atoms with Gasteiger partial charge < -0.3 is 9.64 Å². The van der Waals surface area contributed by atoms with Crippen LogP contribution < -0.4 is 5.69 Å². The number of carbonyl (C=O) groups excluding carboxylic acids is 1. The molecule has 2 heterocycles. The minimum atomic E-state index is -0.0461. The number of amides is 1. The zero-order chi connectivity index (χ0) is 17.3. The van der Waals surface area contributed by atoms with Crippen LogP contribution >= 0.6 is 0 Å². The van der Waals surface area contributed by atoms with Crippen LogP contribution in [0, 0.1) is 0 Å². The summed E-state index contributed by atoms with van der Waals surface area (Å²) in [6.45, 7) is 8.19. The van der Waals surface area contributed by atoms with Crippen LogP contribution in [0.5, 0.6) is 0 Å². The van der Waals surface area contributed by atoms with Crippen LogP contribution in [0.3, 0.4) is 0 Å². The van der Waals surface area contributed by atoms with Gasteiger partial charge in [0.15, 0.2) is 0 Å². The number of benzene rings is 1. The van der Waals surface area contributed by atoms with Gasteiger partial charge >= 0.3 is 5.69 Å². The smallest absolute Gasteiger partial charge is 0.329 e. The lowest BCUT2D eigenvalue weighted by Crippen LogP contribution is -2.48. The summed E-state index contributed by atoms with van der Waals surface area (Å²) in [6.07, 6.45) is 0.446. The minimum Gasteiger partial charge on any atom is -0.372 e. The van der Waals surface area contributed by atoms with Gasteiger partial charge in [0, 0.05) is 32.6 Å². The van der Waals surface area contributed by atoms with E-state index in [0.29, 0.717) is 32.6 Å². The summed E-state index contributed by atoms with van der Waals surface area (Å²) in [5, 5.41) is 0. The molecule has 130 valence electrons. The van der Waals surface area contributed by atoms with Crippen molar-refractivity contribution < 1.29 is 9.53 Å². The first-order valence-corrected chi connectivity index (χ1v) is 8.62. The highest BCUT2D eigenvalue weighted by atomic mass is 16.5. The van der Waals surface area contributed by atoms with Crippen LogP contribution in [0.1, 0.15) is 27.2 Å². The normalized spacial score (nSPS) is 21.4. The molecule has 0 bridgehead atoms. The molecule has 1 aliphatic heterocycles. The molecular formula is C18H25N3O3. The van der Waals surface area contributed by atoms with Crippen molar-refractivity contribution in [3.63, 3.8) is 0 Å². The minimum absolute atomic E-state index is 0.0461. The van der Waals surface area contributed by atoms with Crippen LogP contribution in [0.25, 0.3) is 11.0 Å². The fourth-order valence-electron chi connectivity index (χ4n) is 3.54. The van der Waals surface area contributed by atoms with Gasteiger partial charge in [0.1, 0.15) is 0 Å². The molecule has 1 amide bonds. The maximum absolute atomic E-state index is 12.6. The van der Waals surface area contributed by atoms with Crippen LogP contribution in [-0.2, 0) is 22.6 Å². The van der Waals surface area contributed by atoms with Crippen molar-refractivity contribution in [3.05, 3.63) is 34.7 Å². The number of hydrogen-bond donors (Lipinski definition) is 0. The molecule has 1 aromatic heterocycles. The number of aromatic nitrogens is 2. The first kappa shape index (κ1) is 16.8. The number of carbonyl (C=O) groups is 1. The van der Waals surface area contributed by atoms with E-state index in [2.05, 4.69) is 0 Å². The lowest BCUT2D eigenvalue weighted by molar-refractivity contribution is -0.143. The van der Waals surface area contributed by atoms with E-state index in [-0.39, 0.29) is 23.8 Å². The van der Waals surface area contributed by atoms with E-state index in [1.165, 1.54) is 0 Å². The Kier molecular flexibility index (Phi) is 4.76. The standard InChI is InChI=1S/C18H25N3O3/c1-4-20-15-7-5-6-8-16(15)21(18(20)23)10-9-17(22)19-11-13(2)24-14(3)12-19/h5-8,13-14H,4,9-12H2,1-3H3/t13-,14+. The van der Waals surface area contributed by atoms with Crippen molar-refractivity contribution in [1.82, 2.24) is 14.0 Å². The van der Waals surface area contributed by atoms with Crippen molar-refractivity contribution >= 4 is 16.9 Å². The number of imidazole rings is 1. The number of morpholine rings is 1. The second-order valence-corrected chi connectivity index (χ2v) is 6.47. The number of para-hydroxylation sites is 2. The van der Waals surface area contributed by atoms with Crippen molar-refractivity contribution in [1.29, 1.82) is 0 Å². The third kappa shape index (κ3) is 3.11. The molecule has 1 saturated heterocycles. The van der Waals surface area contributed by atoms with E-state index in [4.69, 9.17) is 4.74 Å². The number of fused-ring (bicyclic) bond motifs is 1. The van der Waals surface area contributed by atoms with Crippen LogP contribution in [-0.4, -0.2) is 45.2 Å². The fraction of sp³-hybridized carbons (Fsp3) is 0.556. The summed E-state index contributed by atoms with van der Waals surface area (Å²) in [5.41, 5.74) is 1.77. The van der Waals surface area contributed by atoms with E-state index >= 15 is 0 Å². The molecule has 0 radical (unpaired) electrons. The number of hydrogen-bond acceptors (Lipinski definition) is 3. The molecule has 6 heteroatoms. The molecule has 0 N–H and O–H groups in total. The van der Waals surface area contributed by atoms with Crippen molar-refractivity contribution in [2.24, 2.45) is 0 Å². The number of nitrogens with zero attached hydrogens (tertiary/aromatic N) is 3. The van der Waals surface area contributed by atoms with Gasteiger partial charge in [0.25, 0.3) is 0 Å². The number of aryl methyl sites for hydroxylation is 2. The maximum atomic E-state index is 12.6. The van der Waals surface area contributed by atoms with Crippen LogP contribution in [0.2, 0.25) is 0 Å². The Morgan fingerprint density at radius 3 is 2.29 bits per heavy atom. The highest BCUT2D eigenvalue weighted by molar-refractivity contribution is 5.78. The summed E-state index contributed by atoms with van der Waals surface area (Å²) >= 11 is 0. The number of rotatable bonds is 4. The van der Waals surface area contributed by atoms with E-state index in [0.717, 1.165) is 11.0 Å². The largest absolute Gasteiger partial charge is 0.372 e. The fourth-order valence-corrected chi connectivity index (χ4v) is 3.54. The topological polar surface area (TPSA) is 56.5 Å². The lowest BCUT2D eigenvalue weighted by Gasteiger charge is -2.35. The van der Waals surface area contributed by atoms with Gasteiger partial charge in [-0.1, -0.05) is 12.1 Å². The summed E-state index contributed by atoms with van der Waals surface area (Å²) in [5.74, 6) is 0.0808. The zero-order valence-corrected chi connectivity index (χ0v) is 14.6. The van der Waals surface area contributed by atoms with Crippen LogP contribution in [0.4, 0.5) is 0 Å². The van der Waals surface area contributed by atoms with Crippen molar-refractivity contribution in [2.45, 2.75) is 52.5 Å². The summed E-state index contributed by atoms with van der Waals surface area (Å²) in [7, 11) is 0.